The van der Waals surface area contributed by atoms with Crippen molar-refractivity contribution < 1.29 is 4.79 Å². The van der Waals surface area contributed by atoms with E-state index in [9.17, 15) is 4.79 Å². The Morgan fingerprint density at radius 2 is 1.71 bits per heavy atom. The summed E-state index contributed by atoms with van der Waals surface area (Å²) in [6, 6.07) is 21.9. The third-order valence-electron chi connectivity index (χ3n) is 7.19. The molecule has 5 rings (SSSR count). The van der Waals surface area contributed by atoms with Gasteiger partial charge in [0, 0.05) is 37.8 Å². The topological polar surface area (TPSA) is 74.5 Å². The van der Waals surface area contributed by atoms with Gasteiger partial charge in [0.05, 0.1) is 16.9 Å². The van der Waals surface area contributed by atoms with Crippen LogP contribution >= 0.6 is 0 Å². The first-order chi connectivity index (χ1) is 16.6. The predicted octanol–water partition coefficient (Wildman–Crippen LogP) is 4.80. The number of benzene rings is 2. The molecule has 34 heavy (non-hydrogen) atoms. The van der Waals surface area contributed by atoms with Crippen LogP contribution in [0.3, 0.4) is 0 Å². The molecule has 1 atom stereocenters. The van der Waals surface area contributed by atoms with Crippen LogP contribution in [0.5, 0.6) is 0 Å². The van der Waals surface area contributed by atoms with Gasteiger partial charge in [-0.2, -0.15) is 0 Å². The Balaban J connectivity index is 1.24. The van der Waals surface area contributed by atoms with Crippen molar-refractivity contribution in [1.29, 1.82) is 0 Å². The molecule has 6 heteroatoms. The fourth-order valence-corrected chi connectivity index (χ4v) is 5.54. The molecule has 6 nitrogen and oxygen atoms in total. The first-order valence-electron chi connectivity index (χ1n) is 12.2. The molecule has 2 aliphatic rings. The Kier molecular flexibility index (Phi) is 6.50. The molecule has 1 aromatic heterocycles. The van der Waals surface area contributed by atoms with E-state index >= 15 is 0 Å². The molecule has 2 aromatic carbocycles. The highest BCUT2D eigenvalue weighted by Gasteiger charge is 2.39. The van der Waals surface area contributed by atoms with Gasteiger partial charge in [0.1, 0.15) is 5.82 Å². The van der Waals surface area contributed by atoms with Crippen molar-refractivity contribution in [1.82, 2.24) is 9.88 Å². The first kappa shape index (κ1) is 22.4. The number of carbonyl (C=O) groups excluding carboxylic acids is 1. The van der Waals surface area contributed by atoms with Gasteiger partial charge in [0.15, 0.2) is 0 Å². The van der Waals surface area contributed by atoms with Gasteiger partial charge in [0.25, 0.3) is 5.91 Å². The van der Waals surface area contributed by atoms with Crippen LogP contribution in [-0.2, 0) is 6.54 Å². The van der Waals surface area contributed by atoms with Crippen LogP contribution in [0.4, 0.5) is 17.2 Å². The summed E-state index contributed by atoms with van der Waals surface area (Å²) in [7, 11) is 0. The maximum atomic E-state index is 12.7. The Labute approximate surface area is 201 Å². The number of nitrogen functional groups attached to an aromatic ring is 1. The van der Waals surface area contributed by atoms with Crippen LogP contribution in [0.25, 0.3) is 0 Å². The van der Waals surface area contributed by atoms with Gasteiger partial charge in [-0.3, -0.25) is 9.69 Å². The highest BCUT2D eigenvalue weighted by atomic mass is 16.1. The molecular weight excluding hydrogens is 422 g/mol. The smallest absolute Gasteiger partial charge is 0.257 e. The second-order valence-electron chi connectivity index (χ2n) is 9.77. The van der Waals surface area contributed by atoms with Gasteiger partial charge in [-0.15, -0.1) is 0 Å². The number of amides is 1. The van der Waals surface area contributed by atoms with Crippen molar-refractivity contribution in [2.45, 2.75) is 32.2 Å². The second kappa shape index (κ2) is 9.85. The minimum absolute atomic E-state index is 0.198. The minimum Gasteiger partial charge on any atom is -0.397 e. The van der Waals surface area contributed by atoms with Crippen LogP contribution in [0.2, 0.25) is 0 Å². The molecule has 3 N–H and O–H groups in total. The standard InChI is InChI=1S/C28H33N5O/c29-24-10-4-5-11-25(24)31-27(34)23-12-13-26(30-18-23)33-17-7-15-28(21-33)14-6-16-32(20-28)19-22-8-2-1-3-9-22/h1-5,8-13,18H,6-7,14-17,19-21,29H2,(H,31,34). The second-order valence-corrected chi connectivity index (χ2v) is 9.77. The molecule has 3 aromatic rings. The lowest BCUT2D eigenvalue weighted by Crippen LogP contribution is -2.52. The summed E-state index contributed by atoms with van der Waals surface area (Å²) in [4.78, 5) is 22.4. The molecule has 0 radical (unpaired) electrons. The van der Waals surface area contributed by atoms with E-state index in [4.69, 9.17) is 5.73 Å². The van der Waals surface area contributed by atoms with Gasteiger partial charge in [-0.25, -0.2) is 4.98 Å². The lowest BCUT2D eigenvalue weighted by molar-refractivity contribution is 0.0683. The quantitative estimate of drug-likeness (QED) is 0.541. The van der Waals surface area contributed by atoms with Gasteiger partial charge in [-0.1, -0.05) is 42.5 Å². The third-order valence-corrected chi connectivity index (χ3v) is 7.19. The highest BCUT2D eigenvalue weighted by Crippen LogP contribution is 2.40. The molecule has 2 saturated heterocycles. The molecule has 2 fully saturated rings. The number of anilines is 3. The summed E-state index contributed by atoms with van der Waals surface area (Å²) < 4.78 is 0. The van der Waals surface area contributed by atoms with Crippen molar-refractivity contribution >= 4 is 23.1 Å². The number of piperidine rings is 2. The predicted molar refractivity (Wildman–Crippen MR) is 138 cm³/mol. The number of hydrogen-bond acceptors (Lipinski definition) is 5. The molecule has 1 spiro atoms. The Bertz CT molecular complexity index is 1110. The number of nitrogens with two attached hydrogens (primary N) is 1. The van der Waals surface area contributed by atoms with E-state index in [1.54, 1.807) is 18.3 Å². The third kappa shape index (κ3) is 5.07. The van der Waals surface area contributed by atoms with E-state index in [-0.39, 0.29) is 5.91 Å². The fraction of sp³-hybridized carbons (Fsp3) is 0.357. The van der Waals surface area contributed by atoms with Gasteiger partial charge >= 0.3 is 0 Å². The van der Waals surface area contributed by atoms with Crippen molar-refractivity contribution in [3.63, 3.8) is 0 Å². The number of nitrogens with one attached hydrogen (secondary N) is 1. The van der Waals surface area contributed by atoms with Crippen molar-refractivity contribution in [2.75, 3.05) is 42.1 Å². The maximum absolute atomic E-state index is 12.7. The van der Waals surface area contributed by atoms with Crippen molar-refractivity contribution in [2.24, 2.45) is 5.41 Å². The summed E-state index contributed by atoms with van der Waals surface area (Å²) in [6.07, 6.45) is 6.64. The lowest BCUT2D eigenvalue weighted by atomic mass is 9.73. The van der Waals surface area contributed by atoms with E-state index in [1.165, 1.54) is 37.8 Å². The zero-order valence-electron chi connectivity index (χ0n) is 19.6. The first-order valence-corrected chi connectivity index (χ1v) is 12.2. The zero-order chi connectivity index (χ0) is 23.4. The van der Waals surface area contributed by atoms with E-state index in [0.717, 1.165) is 32.0 Å². The van der Waals surface area contributed by atoms with Crippen LogP contribution < -0.4 is 16.0 Å². The average Bonchev–Trinajstić information content (AvgIpc) is 2.86. The van der Waals surface area contributed by atoms with Crippen LogP contribution in [-0.4, -0.2) is 42.0 Å². The maximum Gasteiger partial charge on any atom is 0.257 e. The molecule has 176 valence electrons. The number of pyridine rings is 1. The lowest BCUT2D eigenvalue weighted by Gasteiger charge is -2.49. The summed E-state index contributed by atoms with van der Waals surface area (Å²) >= 11 is 0. The van der Waals surface area contributed by atoms with Gasteiger partial charge in [-0.05, 0) is 62.1 Å². The van der Waals surface area contributed by atoms with E-state index < -0.39 is 0 Å². The summed E-state index contributed by atoms with van der Waals surface area (Å²) in [5.41, 5.74) is 9.35. The number of likely N-dealkylation sites (tertiary alicyclic amines) is 1. The van der Waals surface area contributed by atoms with Gasteiger partial charge < -0.3 is 16.0 Å². The number of aromatic nitrogens is 1. The Morgan fingerprint density at radius 1 is 0.941 bits per heavy atom. The summed E-state index contributed by atoms with van der Waals surface area (Å²) in [6.45, 7) is 5.37. The fourth-order valence-electron chi connectivity index (χ4n) is 5.54. The molecule has 1 amide bonds. The normalized spacial score (nSPS) is 20.9. The van der Waals surface area contributed by atoms with Crippen molar-refractivity contribution in [3.05, 3.63) is 84.1 Å². The number of hydrogen-bond donors (Lipinski definition) is 2. The molecule has 0 aliphatic carbocycles. The number of para-hydroxylation sites is 2. The molecule has 0 saturated carbocycles. The molecule has 0 bridgehead atoms. The Morgan fingerprint density at radius 3 is 2.47 bits per heavy atom. The summed E-state index contributed by atoms with van der Waals surface area (Å²) in [5, 5.41) is 2.87. The van der Waals surface area contributed by atoms with Crippen molar-refractivity contribution in [3.8, 4) is 0 Å². The molecule has 1 unspecified atom stereocenters. The van der Waals surface area contributed by atoms with E-state index in [0.29, 0.717) is 22.4 Å². The summed E-state index contributed by atoms with van der Waals surface area (Å²) in [5.74, 6) is 0.755. The Hall–Kier alpha value is -3.38. The molecule has 3 heterocycles. The number of carbonyl (C=O) groups is 1. The number of nitrogens with zero attached hydrogens (tertiary/aromatic N) is 3. The average molecular weight is 456 g/mol. The van der Waals surface area contributed by atoms with Crippen LogP contribution in [0.15, 0.2) is 72.9 Å². The van der Waals surface area contributed by atoms with Crippen LogP contribution in [0.1, 0.15) is 41.6 Å². The van der Waals surface area contributed by atoms with Crippen LogP contribution in [0, 0.1) is 5.41 Å². The van der Waals surface area contributed by atoms with E-state index in [1.807, 2.05) is 24.3 Å². The largest absolute Gasteiger partial charge is 0.397 e. The monoisotopic (exact) mass is 455 g/mol. The minimum atomic E-state index is -0.198. The molecule has 2 aliphatic heterocycles. The SMILES string of the molecule is Nc1ccccc1NC(=O)c1ccc(N2CCCC3(CCCN(Cc4ccccc4)C3)C2)nc1. The van der Waals surface area contributed by atoms with E-state index in [2.05, 4.69) is 50.4 Å². The number of rotatable bonds is 5. The zero-order valence-corrected chi connectivity index (χ0v) is 19.6. The highest BCUT2D eigenvalue weighted by molar-refractivity contribution is 6.05. The van der Waals surface area contributed by atoms with Gasteiger partial charge in [0.2, 0.25) is 0 Å². The molecular formula is C28H33N5O.